The van der Waals surface area contributed by atoms with Crippen LogP contribution in [0.3, 0.4) is 0 Å². The minimum Gasteiger partial charge on any atom is -0.496 e. The normalized spacial score (nSPS) is 11.1. The van der Waals surface area contributed by atoms with Crippen LogP contribution in [0.15, 0.2) is 387 Å². The van der Waals surface area contributed by atoms with E-state index in [-0.39, 0.29) is 0 Å². The molecule has 28 heteroatoms. The Morgan fingerprint density at radius 2 is 0.517 bits per heavy atom. The van der Waals surface area contributed by atoms with Gasteiger partial charge in [-0.1, -0.05) is 213 Å². The molecule has 14 heterocycles. The lowest BCUT2D eigenvalue weighted by molar-refractivity contribution is 0.415. The van der Waals surface area contributed by atoms with Gasteiger partial charge in [-0.05, 0) is 202 Å². The van der Waals surface area contributed by atoms with Crippen molar-refractivity contribution in [1.82, 2.24) is 94.7 Å². The molecular weight excluding hydrogens is 2130 g/mol. The SMILES string of the molecule is Brc1ccc(-c2nc(-c3c[nH]c4ccc(Br)cc34)[nH]c2-c2ccc(Br)cc2)cc1.Brc1ccc2[nH]cc(-c3nc(-c4ccccn4)c(-c4ccccn4)[nH]3)c2c1.COc1ccccc1-c1nc(-c2c(C)[nH]c3ccccc23)[nH]c1-c1ccccc1OC.COc1ccccc1-c1nc(-c2c[nH]c3ccc(Br)cc23)[nH]c1-c1ccccc1OC.Cc1[nH]c2ccccc2c1-c1nc(-c2ccccn2)c(-c2ccccn2)[nH]1. The minimum atomic E-state index is 0.762. The van der Waals surface area contributed by atoms with Crippen molar-refractivity contribution in [2.45, 2.75) is 13.8 Å². The Labute approximate surface area is 874 Å². The average molecular weight is 2220 g/mol. The molecule has 25 aromatic rings. The largest absolute Gasteiger partial charge is 0.496 e. The molecule has 23 nitrogen and oxygen atoms in total. The van der Waals surface area contributed by atoms with Crippen LogP contribution in [0.1, 0.15) is 11.4 Å². The number of benzene rings is 11. The van der Waals surface area contributed by atoms with E-state index < -0.39 is 0 Å². The number of aromatic amines is 10. The quantitative estimate of drug-likeness (QED) is 0.0361. The van der Waals surface area contributed by atoms with E-state index in [1.54, 1.807) is 53.2 Å². The lowest BCUT2D eigenvalue weighted by Crippen LogP contribution is -1.92. The van der Waals surface area contributed by atoms with E-state index in [4.69, 9.17) is 43.9 Å². The van der Waals surface area contributed by atoms with Gasteiger partial charge >= 0.3 is 0 Å². The Morgan fingerprint density at radius 1 is 0.221 bits per heavy atom. The molecule has 710 valence electrons. The van der Waals surface area contributed by atoms with Gasteiger partial charge in [0.05, 0.1) is 85.4 Å². The van der Waals surface area contributed by atoms with Crippen molar-refractivity contribution in [2.24, 2.45) is 0 Å². The number of fused-ring (bicyclic) bond motifs is 5. The number of imidazole rings is 5. The van der Waals surface area contributed by atoms with Crippen LogP contribution < -0.4 is 18.9 Å². The van der Waals surface area contributed by atoms with Crippen molar-refractivity contribution in [3.05, 3.63) is 399 Å². The standard InChI is InChI=1S/C26H23N3O2.C25H20BrN3O2.C23H14Br3N3.C22H17N5.C21H14BrN5/c1-16-23(17-10-4-7-13-20(17)27-16)26-28-24(18-11-5-8-14-21(18)30-2)25(29-26)19-12-6-9-15-22(19)31-3;1-30-21-9-5-3-7-16(21)23-24(17-8-4-6-10-22(17)31-2)29-25(28-23)19-14-27-20-12-11-15(26)13-18(19)20;24-15-5-1-13(2-6-15)21-22(14-3-7-16(25)8-4-14)29-23(28-21)19-12-27-20-10-9-17(26)11-18(19)20;1-14-19(15-8-2-3-9-16(15)25-14)22-26-20(17-10-4-6-12-23-17)21(27-22)18-11-5-7-13-24-18;22-13-7-8-16-14(11-13)15(12-25-16)21-26-19(17-5-1-3-9-23-17)20(27-21)18-6-2-4-10-24-18/h4-15,27H,1-3H3,(H,28,29);3-14,27H,1-2H3,(H,28,29);1-12,27H,(H,28,29);2-13,25H,1H3,(H,26,27);1-12,25H,(H,26,27). The predicted molar refractivity (Wildman–Crippen MR) is 599 cm³/mol. The number of aromatic nitrogens is 19. The molecule has 10 N–H and O–H groups in total. The van der Waals surface area contributed by atoms with Crippen molar-refractivity contribution in [3.8, 4) is 193 Å². The molecule has 0 unspecified atom stereocenters. The van der Waals surface area contributed by atoms with E-state index in [1.165, 1.54) is 0 Å². The summed E-state index contributed by atoms with van der Waals surface area (Å²) in [7, 11) is 6.71. The first-order chi connectivity index (χ1) is 71.1. The first kappa shape index (κ1) is 94.6. The second-order valence-corrected chi connectivity index (χ2v) is 38.3. The molecule has 0 aliphatic rings. The zero-order chi connectivity index (χ0) is 99.1. The third-order valence-corrected chi connectivity index (χ3v) is 27.4. The number of hydrogen-bond acceptors (Lipinski definition) is 13. The number of aryl methyl sites for hydroxylation is 2. The number of H-pyrrole nitrogens is 10. The second-order valence-electron chi connectivity index (χ2n) is 33.7. The third kappa shape index (κ3) is 19.6. The van der Waals surface area contributed by atoms with Gasteiger partial charge in [-0.3, -0.25) is 19.9 Å². The van der Waals surface area contributed by atoms with Crippen molar-refractivity contribution in [1.29, 1.82) is 0 Å². The van der Waals surface area contributed by atoms with Crippen LogP contribution in [0.2, 0.25) is 0 Å². The van der Waals surface area contributed by atoms with E-state index >= 15 is 0 Å². The van der Waals surface area contributed by atoms with Gasteiger partial charge in [-0.2, -0.15) is 0 Å². The Morgan fingerprint density at radius 3 is 0.910 bits per heavy atom. The summed E-state index contributed by atoms with van der Waals surface area (Å²) >= 11 is 17.7. The molecule has 0 amide bonds. The van der Waals surface area contributed by atoms with Gasteiger partial charge in [-0.15, -0.1) is 0 Å². The monoisotopic (exact) mass is 2220 g/mol. The van der Waals surface area contributed by atoms with Crippen molar-refractivity contribution in [3.63, 3.8) is 0 Å². The van der Waals surface area contributed by atoms with Gasteiger partial charge in [0.1, 0.15) is 74.9 Å². The molecule has 11 aromatic carbocycles. The zero-order valence-corrected chi connectivity index (χ0v) is 86.6. The molecule has 14 aromatic heterocycles. The lowest BCUT2D eigenvalue weighted by Gasteiger charge is -2.10. The molecule has 145 heavy (non-hydrogen) atoms. The van der Waals surface area contributed by atoms with Gasteiger partial charge in [-0.25, -0.2) is 24.9 Å². The molecular formula is C117H88Br5N19O4. The maximum Gasteiger partial charge on any atom is 0.141 e. The molecule has 0 bridgehead atoms. The second kappa shape index (κ2) is 42.3. The van der Waals surface area contributed by atoms with Crippen LogP contribution in [0.5, 0.6) is 23.0 Å². The number of pyridine rings is 4. The molecule has 0 atom stereocenters. The smallest absolute Gasteiger partial charge is 0.141 e. The fourth-order valence-corrected chi connectivity index (χ4v) is 19.7. The third-order valence-electron chi connectivity index (χ3n) is 24.9. The summed E-state index contributed by atoms with van der Waals surface area (Å²) in [6, 6.07) is 107. The summed E-state index contributed by atoms with van der Waals surface area (Å²) in [5.74, 6) is 7.09. The highest BCUT2D eigenvalue weighted by Gasteiger charge is 2.29. The number of halogens is 5. The molecule has 0 aliphatic heterocycles. The highest BCUT2D eigenvalue weighted by atomic mass is 79.9. The zero-order valence-electron chi connectivity index (χ0n) is 78.7. The van der Waals surface area contributed by atoms with Crippen molar-refractivity contribution >= 4 is 134 Å². The Balaban J connectivity index is 0.000000107. The maximum atomic E-state index is 5.66. The summed E-state index contributed by atoms with van der Waals surface area (Å²) in [5, 5.41) is 5.58. The van der Waals surface area contributed by atoms with Crippen molar-refractivity contribution < 1.29 is 18.9 Å². The first-order valence-electron chi connectivity index (χ1n) is 46.3. The summed E-state index contributed by atoms with van der Waals surface area (Å²) in [5.41, 5.74) is 30.5. The van der Waals surface area contributed by atoms with Gasteiger partial charge in [0.2, 0.25) is 0 Å². The van der Waals surface area contributed by atoms with Gasteiger partial charge in [0.25, 0.3) is 0 Å². The fourth-order valence-electron chi connectivity index (χ4n) is 18.1. The highest BCUT2D eigenvalue weighted by molar-refractivity contribution is 9.11. The number of rotatable bonds is 19. The maximum absolute atomic E-state index is 5.66. The number of nitrogens with one attached hydrogen (secondary N) is 10. The van der Waals surface area contributed by atoms with Crippen LogP contribution in [-0.4, -0.2) is 123 Å². The van der Waals surface area contributed by atoms with Crippen LogP contribution in [0, 0.1) is 13.8 Å². The molecule has 0 saturated carbocycles. The number of para-hydroxylation sites is 6. The molecule has 0 spiro atoms. The van der Waals surface area contributed by atoms with Gasteiger partial charge in [0.15, 0.2) is 0 Å². The summed E-state index contributed by atoms with van der Waals surface area (Å²) < 4.78 is 27.8. The first-order valence-corrected chi connectivity index (χ1v) is 50.2. The topological polar surface area (TPSA) is 311 Å². The van der Waals surface area contributed by atoms with E-state index in [1.807, 2.05) is 267 Å². The molecule has 0 radical (unpaired) electrons. The van der Waals surface area contributed by atoms with Crippen LogP contribution in [-0.2, 0) is 0 Å². The number of ether oxygens (including phenoxy) is 4. The Bertz CT molecular complexity index is 8620. The van der Waals surface area contributed by atoms with Crippen molar-refractivity contribution in [2.75, 3.05) is 28.4 Å². The predicted octanol–water partition coefficient (Wildman–Crippen LogP) is 31.5. The molecule has 25 rings (SSSR count). The summed E-state index contributed by atoms with van der Waals surface area (Å²) in [6.07, 6.45) is 13.1. The molecule has 0 fully saturated rings. The van der Waals surface area contributed by atoms with Crippen LogP contribution >= 0.6 is 79.6 Å². The Kier molecular flexibility index (Phi) is 27.6. The number of hydrogen-bond donors (Lipinski definition) is 10. The summed E-state index contributed by atoms with van der Waals surface area (Å²) in [4.78, 5) is 77.5. The van der Waals surface area contributed by atoms with E-state index in [0.29, 0.717) is 0 Å². The van der Waals surface area contributed by atoms with E-state index in [2.05, 4.69) is 236 Å². The number of nitrogens with zero attached hydrogens (tertiary/aromatic N) is 9. The molecule has 0 aliphatic carbocycles. The minimum absolute atomic E-state index is 0.762. The van der Waals surface area contributed by atoms with E-state index in [0.717, 1.165) is 281 Å². The fraction of sp³-hybridized carbons (Fsp3) is 0.0513. The molecule has 0 saturated heterocycles. The number of methoxy groups -OCH3 is 4. The van der Waals surface area contributed by atoms with Gasteiger partial charge in [0, 0.05) is 193 Å². The highest BCUT2D eigenvalue weighted by Crippen LogP contribution is 2.47. The van der Waals surface area contributed by atoms with Crippen LogP contribution in [0.25, 0.3) is 225 Å². The van der Waals surface area contributed by atoms with Gasteiger partial charge < -0.3 is 68.8 Å². The Hall–Kier alpha value is -16.6. The average Bonchev–Trinajstić information content (AvgIpc) is 1.62. The summed E-state index contributed by atoms with van der Waals surface area (Å²) in [6.45, 7) is 4.14. The van der Waals surface area contributed by atoms with E-state index in [9.17, 15) is 0 Å². The lowest BCUT2D eigenvalue weighted by atomic mass is 10.0. The van der Waals surface area contributed by atoms with Crippen LogP contribution in [0.4, 0.5) is 0 Å².